The summed E-state index contributed by atoms with van der Waals surface area (Å²) in [7, 11) is 0. The molecular formula is C15H20N4O. The van der Waals surface area contributed by atoms with Crippen molar-refractivity contribution < 1.29 is 4.79 Å². The van der Waals surface area contributed by atoms with E-state index >= 15 is 0 Å². The summed E-state index contributed by atoms with van der Waals surface area (Å²) < 4.78 is 0. The zero-order valence-corrected chi connectivity index (χ0v) is 11.9. The molecule has 1 aliphatic heterocycles. The Morgan fingerprint density at radius 3 is 3.05 bits per heavy atom. The lowest BCUT2D eigenvalue weighted by atomic mass is 9.99. The van der Waals surface area contributed by atoms with Gasteiger partial charge in [0, 0.05) is 18.5 Å². The minimum absolute atomic E-state index is 0.0477. The summed E-state index contributed by atoms with van der Waals surface area (Å²) in [5.41, 5.74) is 9.41. The molecule has 2 aromatic rings. The molecule has 0 unspecified atom stereocenters. The van der Waals surface area contributed by atoms with Crippen molar-refractivity contribution in [2.75, 3.05) is 6.54 Å². The Kier molecular flexibility index (Phi) is 3.22. The monoisotopic (exact) mass is 272 g/mol. The molecule has 0 radical (unpaired) electrons. The second-order valence-electron chi connectivity index (χ2n) is 5.96. The van der Waals surface area contributed by atoms with Gasteiger partial charge in [0.15, 0.2) is 0 Å². The number of nitrogens with one attached hydrogen (secondary N) is 1. The summed E-state index contributed by atoms with van der Waals surface area (Å²) in [6.45, 7) is 5.59. The highest BCUT2D eigenvalue weighted by molar-refractivity contribution is 5.87. The molecular weight excluding hydrogens is 252 g/mol. The first kappa shape index (κ1) is 13.1. The number of nitrogens with two attached hydrogens (primary N) is 1. The number of aromatic amines is 1. The van der Waals surface area contributed by atoms with Crippen LogP contribution in [0.25, 0.3) is 10.9 Å². The van der Waals surface area contributed by atoms with E-state index in [0.29, 0.717) is 18.9 Å². The van der Waals surface area contributed by atoms with Crippen LogP contribution in [0.2, 0.25) is 0 Å². The fraction of sp³-hybridized carbons (Fsp3) is 0.467. The number of carbonyl (C=O) groups excluding carboxylic acids is 1. The van der Waals surface area contributed by atoms with E-state index in [1.165, 1.54) is 5.56 Å². The van der Waals surface area contributed by atoms with Gasteiger partial charge in [-0.3, -0.25) is 9.89 Å². The Morgan fingerprint density at radius 2 is 2.30 bits per heavy atom. The fourth-order valence-corrected chi connectivity index (χ4v) is 2.92. The van der Waals surface area contributed by atoms with E-state index in [2.05, 4.69) is 30.1 Å². The molecule has 20 heavy (non-hydrogen) atoms. The number of H-pyrrole nitrogens is 1. The third-order valence-electron chi connectivity index (χ3n) is 3.84. The largest absolute Gasteiger partial charge is 0.337 e. The van der Waals surface area contributed by atoms with Gasteiger partial charge in [-0.05, 0) is 29.5 Å². The van der Waals surface area contributed by atoms with Crippen LogP contribution in [0.5, 0.6) is 0 Å². The predicted octanol–water partition coefficient (Wildman–Crippen LogP) is 1.43. The standard InChI is InChI=1S/C15H20N4O/c1-9(2)7-19-8-12-10(5-13(16)15(19)20)3-4-14-11(12)6-17-18-14/h3-4,6,9,13H,5,7-8,16H2,1-2H3,(H,17,18)/t13-/m1/s1. The SMILES string of the molecule is CC(C)CN1Cc2c(ccc3[nH]ncc23)C[C@@H](N)C1=O. The van der Waals surface area contributed by atoms with Crippen molar-refractivity contribution in [3.8, 4) is 0 Å². The second kappa shape index (κ2) is 4.90. The van der Waals surface area contributed by atoms with Crippen molar-refractivity contribution in [2.45, 2.75) is 32.9 Å². The highest BCUT2D eigenvalue weighted by Gasteiger charge is 2.28. The molecule has 0 aliphatic carbocycles. The van der Waals surface area contributed by atoms with Crippen LogP contribution >= 0.6 is 0 Å². The smallest absolute Gasteiger partial charge is 0.240 e. The van der Waals surface area contributed by atoms with Crippen LogP contribution in [0, 0.1) is 5.92 Å². The Balaban J connectivity index is 2.07. The first-order chi connectivity index (χ1) is 9.56. The lowest BCUT2D eigenvalue weighted by molar-refractivity contribution is -0.133. The molecule has 1 amide bonds. The molecule has 3 rings (SSSR count). The molecule has 5 nitrogen and oxygen atoms in total. The van der Waals surface area contributed by atoms with E-state index in [-0.39, 0.29) is 5.91 Å². The van der Waals surface area contributed by atoms with E-state index in [9.17, 15) is 4.79 Å². The molecule has 0 fully saturated rings. The molecule has 1 aliphatic rings. The van der Waals surface area contributed by atoms with Gasteiger partial charge >= 0.3 is 0 Å². The van der Waals surface area contributed by atoms with E-state index in [1.54, 1.807) is 0 Å². The quantitative estimate of drug-likeness (QED) is 0.868. The Bertz CT molecular complexity index is 646. The molecule has 0 bridgehead atoms. The highest BCUT2D eigenvalue weighted by atomic mass is 16.2. The minimum Gasteiger partial charge on any atom is -0.337 e. The van der Waals surface area contributed by atoms with Gasteiger partial charge in [0.25, 0.3) is 0 Å². The molecule has 5 heteroatoms. The third-order valence-corrected chi connectivity index (χ3v) is 3.84. The highest BCUT2D eigenvalue weighted by Crippen LogP contribution is 2.26. The van der Waals surface area contributed by atoms with E-state index in [0.717, 1.165) is 23.0 Å². The normalized spacial score (nSPS) is 19.5. The van der Waals surface area contributed by atoms with Gasteiger partial charge in [-0.15, -0.1) is 0 Å². The van der Waals surface area contributed by atoms with Gasteiger partial charge in [0.05, 0.1) is 17.8 Å². The molecule has 0 saturated heterocycles. The number of hydrogen-bond acceptors (Lipinski definition) is 3. The summed E-state index contributed by atoms with van der Waals surface area (Å²) in [6, 6.07) is 3.62. The van der Waals surface area contributed by atoms with Gasteiger partial charge < -0.3 is 10.6 Å². The summed E-state index contributed by atoms with van der Waals surface area (Å²) in [4.78, 5) is 14.3. The molecule has 1 aromatic heterocycles. The van der Waals surface area contributed by atoms with Crippen LogP contribution in [0.4, 0.5) is 0 Å². The van der Waals surface area contributed by atoms with Crippen molar-refractivity contribution >= 4 is 16.8 Å². The number of benzene rings is 1. The van der Waals surface area contributed by atoms with Crippen LogP contribution in [0.15, 0.2) is 18.3 Å². The molecule has 0 saturated carbocycles. The number of rotatable bonds is 2. The maximum absolute atomic E-state index is 12.4. The number of hydrogen-bond donors (Lipinski definition) is 2. The van der Waals surface area contributed by atoms with Crippen LogP contribution in [0.1, 0.15) is 25.0 Å². The molecule has 3 N–H and O–H groups in total. The van der Waals surface area contributed by atoms with Crippen LogP contribution in [0.3, 0.4) is 0 Å². The van der Waals surface area contributed by atoms with E-state index in [4.69, 9.17) is 5.73 Å². The number of nitrogens with zero attached hydrogens (tertiary/aromatic N) is 2. The van der Waals surface area contributed by atoms with Crippen molar-refractivity contribution in [1.82, 2.24) is 15.1 Å². The lowest BCUT2D eigenvalue weighted by Crippen LogP contribution is -2.44. The van der Waals surface area contributed by atoms with Gasteiger partial charge in [-0.2, -0.15) is 5.10 Å². The predicted molar refractivity (Wildman–Crippen MR) is 78.0 cm³/mol. The average molecular weight is 272 g/mol. The number of carbonyl (C=O) groups is 1. The Morgan fingerprint density at radius 1 is 1.50 bits per heavy atom. The molecule has 1 aromatic carbocycles. The van der Waals surface area contributed by atoms with Gasteiger partial charge in [0.1, 0.15) is 0 Å². The van der Waals surface area contributed by atoms with Crippen LogP contribution < -0.4 is 5.73 Å². The molecule has 1 atom stereocenters. The second-order valence-corrected chi connectivity index (χ2v) is 5.96. The zero-order chi connectivity index (χ0) is 14.3. The first-order valence-corrected chi connectivity index (χ1v) is 7.04. The fourth-order valence-electron chi connectivity index (χ4n) is 2.92. The number of amides is 1. The van der Waals surface area contributed by atoms with Gasteiger partial charge in [-0.25, -0.2) is 0 Å². The van der Waals surface area contributed by atoms with Gasteiger partial charge in [-0.1, -0.05) is 19.9 Å². The van der Waals surface area contributed by atoms with Crippen LogP contribution in [-0.2, 0) is 17.8 Å². The lowest BCUT2D eigenvalue weighted by Gasteiger charge is -2.25. The molecule has 106 valence electrons. The maximum Gasteiger partial charge on any atom is 0.240 e. The van der Waals surface area contributed by atoms with Crippen molar-refractivity contribution in [2.24, 2.45) is 11.7 Å². The van der Waals surface area contributed by atoms with Crippen molar-refractivity contribution in [1.29, 1.82) is 0 Å². The summed E-state index contributed by atoms with van der Waals surface area (Å²) in [6.07, 6.45) is 2.44. The average Bonchev–Trinajstić information content (AvgIpc) is 2.83. The Labute approximate surface area is 118 Å². The van der Waals surface area contributed by atoms with Gasteiger partial charge in [0.2, 0.25) is 5.91 Å². The van der Waals surface area contributed by atoms with E-state index in [1.807, 2.05) is 17.2 Å². The minimum atomic E-state index is -0.445. The summed E-state index contributed by atoms with van der Waals surface area (Å²) in [5, 5.41) is 8.18. The van der Waals surface area contributed by atoms with Crippen LogP contribution in [-0.4, -0.2) is 33.6 Å². The van der Waals surface area contributed by atoms with E-state index < -0.39 is 6.04 Å². The van der Waals surface area contributed by atoms with Crippen molar-refractivity contribution in [3.05, 3.63) is 29.5 Å². The maximum atomic E-state index is 12.4. The number of fused-ring (bicyclic) bond motifs is 3. The van der Waals surface area contributed by atoms with Crippen molar-refractivity contribution in [3.63, 3.8) is 0 Å². The summed E-state index contributed by atoms with van der Waals surface area (Å²) >= 11 is 0. The number of aromatic nitrogens is 2. The third kappa shape index (κ3) is 2.18. The molecule has 0 spiro atoms. The Hall–Kier alpha value is -1.88. The zero-order valence-electron chi connectivity index (χ0n) is 11.9. The topological polar surface area (TPSA) is 75.0 Å². The summed E-state index contributed by atoms with van der Waals surface area (Å²) in [5.74, 6) is 0.475. The molecule has 2 heterocycles. The first-order valence-electron chi connectivity index (χ1n) is 7.04.